The number of benzene rings is 1. The van der Waals surface area contributed by atoms with Crippen LogP contribution in [0.4, 0.5) is 0 Å². The second kappa shape index (κ2) is 8.98. The van der Waals surface area contributed by atoms with Crippen LogP contribution in [0.3, 0.4) is 0 Å². The average Bonchev–Trinajstić information content (AvgIpc) is 2.38. The fourth-order valence-electron chi connectivity index (χ4n) is 1.87. The van der Waals surface area contributed by atoms with Crippen LogP contribution >= 0.6 is 0 Å². The number of rotatable bonds is 9. The van der Waals surface area contributed by atoms with Gasteiger partial charge >= 0.3 is 0 Å². The molecule has 0 fully saturated rings. The first kappa shape index (κ1) is 15.0. The molecule has 2 heteroatoms. The van der Waals surface area contributed by atoms with Crippen molar-refractivity contribution in [2.24, 2.45) is 0 Å². The predicted molar refractivity (Wildman–Crippen MR) is 78.1 cm³/mol. The molecule has 0 saturated carbocycles. The number of hydrogen-bond donors (Lipinski definition) is 1. The Morgan fingerprint density at radius 2 is 1.83 bits per heavy atom. The molecule has 1 aromatic carbocycles. The first-order chi connectivity index (χ1) is 8.76. The summed E-state index contributed by atoms with van der Waals surface area (Å²) in [5, 5.41) is 3.53. The lowest BCUT2D eigenvalue weighted by Crippen LogP contribution is -2.24. The quantitative estimate of drug-likeness (QED) is 0.664. The van der Waals surface area contributed by atoms with Gasteiger partial charge in [0, 0.05) is 12.6 Å². The Bertz CT molecular complexity index is 307. The molecular weight excluding hydrogens is 222 g/mol. The van der Waals surface area contributed by atoms with Crippen molar-refractivity contribution in [1.82, 2.24) is 5.32 Å². The predicted octanol–water partition coefficient (Wildman–Crippen LogP) is 4.14. The summed E-state index contributed by atoms with van der Waals surface area (Å²) in [6.45, 7) is 8.40. The molecule has 0 aliphatic heterocycles. The number of ether oxygens (including phenoxy) is 1. The molecule has 1 rings (SSSR count). The molecule has 0 heterocycles. The van der Waals surface area contributed by atoms with E-state index < -0.39 is 0 Å². The summed E-state index contributed by atoms with van der Waals surface area (Å²) in [4.78, 5) is 0. The van der Waals surface area contributed by atoms with E-state index in [0.29, 0.717) is 6.04 Å². The molecule has 1 atom stereocenters. The van der Waals surface area contributed by atoms with E-state index in [1.165, 1.54) is 24.8 Å². The van der Waals surface area contributed by atoms with Crippen molar-refractivity contribution in [3.8, 4) is 5.75 Å². The zero-order valence-electron chi connectivity index (χ0n) is 12.0. The summed E-state index contributed by atoms with van der Waals surface area (Å²) in [6, 6.07) is 9.02. The minimum absolute atomic E-state index is 0.593. The first-order valence-corrected chi connectivity index (χ1v) is 7.21. The maximum atomic E-state index is 5.65. The monoisotopic (exact) mass is 249 g/mol. The van der Waals surface area contributed by atoms with Crippen molar-refractivity contribution in [3.05, 3.63) is 29.8 Å². The third-order valence-corrected chi connectivity index (χ3v) is 3.07. The normalized spacial score (nSPS) is 12.4. The summed E-state index contributed by atoms with van der Waals surface area (Å²) in [5.41, 5.74) is 1.32. The van der Waals surface area contributed by atoms with Crippen LogP contribution in [-0.4, -0.2) is 12.6 Å². The maximum Gasteiger partial charge on any atom is 0.119 e. The Balaban J connectivity index is 2.31. The van der Waals surface area contributed by atoms with Gasteiger partial charge < -0.3 is 10.1 Å². The Kier molecular flexibility index (Phi) is 7.51. The highest BCUT2D eigenvalue weighted by molar-refractivity contribution is 5.27. The Morgan fingerprint density at radius 1 is 1.11 bits per heavy atom. The molecular formula is C16H27NO. The highest BCUT2D eigenvalue weighted by atomic mass is 16.5. The van der Waals surface area contributed by atoms with Gasteiger partial charge in [0.05, 0.1) is 6.61 Å². The van der Waals surface area contributed by atoms with Gasteiger partial charge in [-0.05, 0) is 37.5 Å². The minimum atomic E-state index is 0.593. The standard InChI is InChI=1S/C16H27NO/c1-4-6-12-18-16-10-8-15(9-11-16)13-17-14(3)7-5-2/h8-11,14,17H,4-7,12-13H2,1-3H3. The molecule has 0 radical (unpaired) electrons. The van der Waals surface area contributed by atoms with E-state index in [1.807, 2.05) is 0 Å². The van der Waals surface area contributed by atoms with Gasteiger partial charge in [0.25, 0.3) is 0 Å². The van der Waals surface area contributed by atoms with Crippen LogP contribution in [0, 0.1) is 0 Å². The summed E-state index contributed by atoms with van der Waals surface area (Å²) in [7, 11) is 0. The van der Waals surface area contributed by atoms with E-state index in [0.717, 1.165) is 25.3 Å². The average molecular weight is 249 g/mol. The van der Waals surface area contributed by atoms with Gasteiger partial charge in [0.2, 0.25) is 0 Å². The lowest BCUT2D eigenvalue weighted by molar-refractivity contribution is 0.309. The van der Waals surface area contributed by atoms with Gasteiger partial charge in [0.1, 0.15) is 5.75 Å². The summed E-state index contributed by atoms with van der Waals surface area (Å²) >= 11 is 0. The molecule has 18 heavy (non-hydrogen) atoms. The second-order valence-corrected chi connectivity index (χ2v) is 4.92. The molecule has 1 aromatic rings. The highest BCUT2D eigenvalue weighted by Crippen LogP contribution is 2.13. The Morgan fingerprint density at radius 3 is 2.44 bits per heavy atom. The first-order valence-electron chi connectivity index (χ1n) is 7.21. The van der Waals surface area contributed by atoms with Gasteiger partial charge in [-0.15, -0.1) is 0 Å². The van der Waals surface area contributed by atoms with E-state index in [2.05, 4.69) is 50.4 Å². The number of hydrogen-bond acceptors (Lipinski definition) is 2. The summed E-state index contributed by atoms with van der Waals surface area (Å²) < 4.78 is 5.65. The van der Waals surface area contributed by atoms with Crippen molar-refractivity contribution in [2.45, 2.75) is 59.0 Å². The van der Waals surface area contributed by atoms with Crippen molar-refractivity contribution in [1.29, 1.82) is 0 Å². The van der Waals surface area contributed by atoms with Crippen molar-refractivity contribution in [3.63, 3.8) is 0 Å². The smallest absolute Gasteiger partial charge is 0.119 e. The zero-order chi connectivity index (χ0) is 13.2. The molecule has 102 valence electrons. The van der Waals surface area contributed by atoms with Gasteiger partial charge in [-0.1, -0.05) is 38.8 Å². The van der Waals surface area contributed by atoms with Crippen LogP contribution in [0.5, 0.6) is 5.75 Å². The molecule has 0 aliphatic rings. The molecule has 0 amide bonds. The molecule has 0 saturated heterocycles. The van der Waals surface area contributed by atoms with E-state index in [-0.39, 0.29) is 0 Å². The topological polar surface area (TPSA) is 21.3 Å². The van der Waals surface area contributed by atoms with Crippen LogP contribution in [0.1, 0.15) is 52.0 Å². The lowest BCUT2D eigenvalue weighted by atomic mass is 10.1. The maximum absolute atomic E-state index is 5.65. The van der Waals surface area contributed by atoms with Crippen LogP contribution in [0.25, 0.3) is 0 Å². The SMILES string of the molecule is CCCCOc1ccc(CNC(C)CCC)cc1. The van der Waals surface area contributed by atoms with Crippen molar-refractivity contribution >= 4 is 0 Å². The van der Waals surface area contributed by atoms with Gasteiger partial charge in [-0.3, -0.25) is 0 Å². The third kappa shape index (κ3) is 6.06. The van der Waals surface area contributed by atoms with Crippen LogP contribution in [0.2, 0.25) is 0 Å². The Labute approximate surface area is 112 Å². The van der Waals surface area contributed by atoms with Crippen LogP contribution < -0.4 is 10.1 Å². The van der Waals surface area contributed by atoms with E-state index >= 15 is 0 Å². The van der Waals surface area contributed by atoms with Gasteiger partial charge in [0.15, 0.2) is 0 Å². The second-order valence-electron chi connectivity index (χ2n) is 4.92. The summed E-state index contributed by atoms with van der Waals surface area (Å²) in [6.07, 6.45) is 4.77. The van der Waals surface area contributed by atoms with Crippen LogP contribution in [-0.2, 0) is 6.54 Å². The molecule has 2 nitrogen and oxygen atoms in total. The molecule has 1 unspecified atom stereocenters. The number of nitrogens with one attached hydrogen (secondary N) is 1. The fourth-order valence-corrected chi connectivity index (χ4v) is 1.87. The number of unbranched alkanes of at least 4 members (excludes halogenated alkanes) is 1. The molecule has 1 N–H and O–H groups in total. The molecule has 0 aromatic heterocycles. The van der Waals surface area contributed by atoms with Crippen molar-refractivity contribution < 1.29 is 4.74 Å². The van der Waals surface area contributed by atoms with Gasteiger partial charge in [-0.2, -0.15) is 0 Å². The lowest BCUT2D eigenvalue weighted by Gasteiger charge is -2.13. The fraction of sp³-hybridized carbons (Fsp3) is 0.625. The largest absolute Gasteiger partial charge is 0.494 e. The van der Waals surface area contributed by atoms with E-state index in [9.17, 15) is 0 Å². The Hall–Kier alpha value is -1.02. The molecule has 0 aliphatic carbocycles. The van der Waals surface area contributed by atoms with Crippen molar-refractivity contribution in [2.75, 3.05) is 6.61 Å². The third-order valence-electron chi connectivity index (χ3n) is 3.07. The summed E-state index contributed by atoms with van der Waals surface area (Å²) in [5.74, 6) is 0.980. The van der Waals surface area contributed by atoms with E-state index in [4.69, 9.17) is 4.74 Å². The van der Waals surface area contributed by atoms with Gasteiger partial charge in [-0.25, -0.2) is 0 Å². The zero-order valence-corrected chi connectivity index (χ0v) is 12.0. The molecule has 0 bridgehead atoms. The highest BCUT2D eigenvalue weighted by Gasteiger charge is 2.00. The van der Waals surface area contributed by atoms with E-state index in [1.54, 1.807) is 0 Å². The molecule has 0 spiro atoms. The van der Waals surface area contributed by atoms with Crippen LogP contribution in [0.15, 0.2) is 24.3 Å². The minimum Gasteiger partial charge on any atom is -0.494 e.